The zero-order valence-electron chi connectivity index (χ0n) is 13.4. The third-order valence-electron chi connectivity index (χ3n) is 2.76. The molecule has 0 saturated carbocycles. The van der Waals surface area contributed by atoms with E-state index in [1.54, 1.807) is 0 Å². The molecule has 0 heterocycles. The number of unbranched alkanes of at least 4 members (excludes halogenated alkanes) is 1. The molecule has 23 heavy (non-hydrogen) atoms. The molecular formula is C15H21NO6S. The number of hydrogen-bond donors (Lipinski definition) is 1. The molecule has 1 N–H and O–H groups in total. The Balaban J connectivity index is 2.67. The summed E-state index contributed by atoms with van der Waals surface area (Å²) in [5.74, 6) is -1.35. The lowest BCUT2D eigenvalue weighted by atomic mass is 10.2. The highest BCUT2D eigenvalue weighted by atomic mass is 32.2. The molecule has 0 radical (unpaired) electrons. The highest BCUT2D eigenvalue weighted by molar-refractivity contribution is 7.92. The minimum Gasteiger partial charge on any atom is -0.463 e. The summed E-state index contributed by atoms with van der Waals surface area (Å²) < 4.78 is 34.6. The quantitative estimate of drug-likeness (QED) is 0.572. The van der Waals surface area contributed by atoms with E-state index in [1.807, 2.05) is 6.92 Å². The van der Waals surface area contributed by atoms with Crippen molar-refractivity contribution >= 4 is 27.6 Å². The van der Waals surface area contributed by atoms with Crippen molar-refractivity contribution in [1.29, 1.82) is 0 Å². The summed E-state index contributed by atoms with van der Waals surface area (Å²) in [5.41, 5.74) is 0.368. The maximum Gasteiger partial charge on any atom is 0.347 e. The molecule has 0 aliphatic rings. The van der Waals surface area contributed by atoms with E-state index in [1.165, 1.54) is 31.2 Å². The van der Waals surface area contributed by atoms with Gasteiger partial charge in [0, 0.05) is 5.69 Å². The highest BCUT2D eigenvalue weighted by Gasteiger charge is 2.20. The Hall–Kier alpha value is -2.09. The second kappa shape index (κ2) is 8.52. The van der Waals surface area contributed by atoms with Gasteiger partial charge < -0.3 is 9.47 Å². The van der Waals surface area contributed by atoms with E-state index in [0.29, 0.717) is 0 Å². The van der Waals surface area contributed by atoms with Crippen LogP contribution in [0.4, 0.5) is 5.69 Å². The zero-order valence-corrected chi connectivity index (χ0v) is 14.2. The van der Waals surface area contributed by atoms with Crippen LogP contribution in [0.5, 0.6) is 0 Å². The van der Waals surface area contributed by atoms with Gasteiger partial charge >= 0.3 is 11.9 Å². The predicted octanol–water partition coefficient (Wildman–Crippen LogP) is 1.95. The fourth-order valence-corrected chi connectivity index (χ4v) is 2.19. The Morgan fingerprint density at radius 1 is 1.30 bits per heavy atom. The Labute approximate surface area is 136 Å². The van der Waals surface area contributed by atoms with E-state index < -0.39 is 28.1 Å². The van der Waals surface area contributed by atoms with Crippen LogP contribution >= 0.6 is 0 Å². The standard InChI is InChI=1S/C15H21NO6S/c1-4-5-9-21-14(17)11(2)22-15(18)12-7-6-8-13(10-12)16-23(3,19)20/h6-8,10-11,16H,4-5,9H2,1-3H3/t11-/m0/s1. The van der Waals surface area contributed by atoms with Crippen LogP contribution in [0.25, 0.3) is 0 Å². The lowest BCUT2D eigenvalue weighted by Gasteiger charge is -2.13. The first-order valence-corrected chi connectivity index (χ1v) is 9.07. The molecule has 0 saturated heterocycles. The van der Waals surface area contributed by atoms with Crippen LogP contribution in [-0.4, -0.2) is 39.3 Å². The fraction of sp³-hybridized carbons (Fsp3) is 0.467. The molecule has 1 rings (SSSR count). The lowest BCUT2D eigenvalue weighted by molar-refractivity contribution is -0.153. The van der Waals surface area contributed by atoms with Gasteiger partial charge in [0.2, 0.25) is 10.0 Å². The maximum absolute atomic E-state index is 12.0. The fourth-order valence-electron chi connectivity index (χ4n) is 1.63. The number of benzene rings is 1. The molecule has 0 spiro atoms. The second-order valence-electron chi connectivity index (χ2n) is 5.02. The van der Waals surface area contributed by atoms with Gasteiger partial charge in [0.25, 0.3) is 0 Å². The second-order valence-corrected chi connectivity index (χ2v) is 6.77. The SMILES string of the molecule is CCCCOC(=O)[C@H](C)OC(=O)c1cccc(NS(C)(=O)=O)c1. The van der Waals surface area contributed by atoms with Crippen LogP contribution < -0.4 is 4.72 Å². The predicted molar refractivity (Wildman–Crippen MR) is 85.7 cm³/mol. The number of anilines is 1. The highest BCUT2D eigenvalue weighted by Crippen LogP contribution is 2.14. The largest absolute Gasteiger partial charge is 0.463 e. The van der Waals surface area contributed by atoms with Crippen molar-refractivity contribution in [2.45, 2.75) is 32.8 Å². The summed E-state index contributed by atoms with van der Waals surface area (Å²) in [6.07, 6.45) is 1.60. The molecule has 7 nitrogen and oxygen atoms in total. The van der Waals surface area contributed by atoms with E-state index >= 15 is 0 Å². The Morgan fingerprint density at radius 2 is 2.00 bits per heavy atom. The number of rotatable bonds is 8. The van der Waals surface area contributed by atoms with E-state index in [0.717, 1.165) is 19.1 Å². The van der Waals surface area contributed by atoms with Gasteiger partial charge in [0.1, 0.15) is 0 Å². The van der Waals surface area contributed by atoms with Crippen molar-refractivity contribution in [2.24, 2.45) is 0 Å². The van der Waals surface area contributed by atoms with Gasteiger partial charge in [-0.25, -0.2) is 18.0 Å². The topological polar surface area (TPSA) is 98.8 Å². The van der Waals surface area contributed by atoms with E-state index in [2.05, 4.69) is 4.72 Å². The van der Waals surface area contributed by atoms with Crippen LogP contribution in [0, 0.1) is 0 Å². The first kappa shape index (κ1) is 19.0. The third kappa shape index (κ3) is 7.14. The molecule has 0 bridgehead atoms. The molecule has 0 unspecified atom stereocenters. The molecule has 0 aliphatic carbocycles. The van der Waals surface area contributed by atoms with E-state index in [-0.39, 0.29) is 17.9 Å². The van der Waals surface area contributed by atoms with E-state index in [4.69, 9.17) is 9.47 Å². The van der Waals surface area contributed by atoms with Crippen molar-refractivity contribution in [3.8, 4) is 0 Å². The van der Waals surface area contributed by atoms with Gasteiger partial charge in [-0.05, 0) is 31.5 Å². The first-order chi connectivity index (χ1) is 10.7. The number of nitrogens with one attached hydrogen (secondary N) is 1. The van der Waals surface area contributed by atoms with Crippen molar-refractivity contribution in [3.05, 3.63) is 29.8 Å². The summed E-state index contributed by atoms with van der Waals surface area (Å²) >= 11 is 0. The average molecular weight is 343 g/mol. The van der Waals surface area contributed by atoms with Crippen LogP contribution in [-0.2, 0) is 24.3 Å². The van der Waals surface area contributed by atoms with Gasteiger partial charge in [-0.2, -0.15) is 0 Å². The molecule has 0 aromatic heterocycles. The minimum absolute atomic E-state index is 0.131. The summed E-state index contributed by atoms with van der Waals surface area (Å²) in [6.45, 7) is 3.67. The van der Waals surface area contributed by atoms with Crippen molar-refractivity contribution in [3.63, 3.8) is 0 Å². The van der Waals surface area contributed by atoms with Crippen LogP contribution in [0.15, 0.2) is 24.3 Å². The van der Waals surface area contributed by atoms with Gasteiger partial charge in [-0.15, -0.1) is 0 Å². The molecule has 0 fully saturated rings. The lowest BCUT2D eigenvalue weighted by Crippen LogP contribution is -2.26. The number of hydrogen-bond acceptors (Lipinski definition) is 6. The normalized spacial score (nSPS) is 12.3. The zero-order chi connectivity index (χ0) is 17.5. The molecule has 1 aromatic carbocycles. The summed E-state index contributed by atoms with van der Waals surface area (Å²) in [4.78, 5) is 23.6. The van der Waals surface area contributed by atoms with E-state index in [9.17, 15) is 18.0 Å². The van der Waals surface area contributed by atoms with Crippen molar-refractivity contribution < 1.29 is 27.5 Å². The van der Waals surface area contributed by atoms with Gasteiger partial charge in [0.05, 0.1) is 18.4 Å². The van der Waals surface area contributed by atoms with Crippen molar-refractivity contribution in [2.75, 3.05) is 17.6 Å². The Bertz CT molecular complexity index is 656. The number of esters is 2. The van der Waals surface area contributed by atoms with Crippen molar-refractivity contribution in [1.82, 2.24) is 0 Å². The molecule has 0 amide bonds. The molecule has 1 aromatic rings. The smallest absolute Gasteiger partial charge is 0.347 e. The Morgan fingerprint density at radius 3 is 2.61 bits per heavy atom. The molecular weight excluding hydrogens is 322 g/mol. The molecule has 1 atom stereocenters. The average Bonchev–Trinajstić information content (AvgIpc) is 2.45. The summed E-state index contributed by atoms with van der Waals surface area (Å²) in [6, 6.07) is 5.80. The number of sulfonamides is 1. The summed E-state index contributed by atoms with van der Waals surface area (Å²) in [7, 11) is -3.45. The number of ether oxygens (including phenoxy) is 2. The van der Waals surface area contributed by atoms with Crippen LogP contribution in [0.1, 0.15) is 37.0 Å². The monoisotopic (exact) mass is 343 g/mol. The van der Waals surface area contributed by atoms with Gasteiger partial charge in [-0.1, -0.05) is 19.4 Å². The maximum atomic E-state index is 12.0. The Kier molecular flexibility index (Phi) is 7.02. The molecule has 0 aliphatic heterocycles. The van der Waals surface area contributed by atoms with Gasteiger partial charge in [-0.3, -0.25) is 4.72 Å². The van der Waals surface area contributed by atoms with Crippen LogP contribution in [0.2, 0.25) is 0 Å². The third-order valence-corrected chi connectivity index (χ3v) is 3.37. The van der Waals surface area contributed by atoms with Crippen LogP contribution in [0.3, 0.4) is 0 Å². The number of carbonyl (C=O) groups excluding carboxylic acids is 2. The van der Waals surface area contributed by atoms with Gasteiger partial charge in [0.15, 0.2) is 6.10 Å². The summed E-state index contributed by atoms with van der Waals surface area (Å²) in [5, 5.41) is 0. The molecule has 128 valence electrons. The first-order valence-electron chi connectivity index (χ1n) is 7.18. The minimum atomic E-state index is -3.45. The number of carbonyl (C=O) groups is 2. The molecule has 8 heteroatoms.